The summed E-state index contributed by atoms with van der Waals surface area (Å²) in [6.07, 6.45) is 0. The first-order valence-electron chi connectivity index (χ1n) is 4.11. The van der Waals surface area contributed by atoms with Crippen LogP contribution in [0.1, 0.15) is 5.76 Å². The summed E-state index contributed by atoms with van der Waals surface area (Å²) in [5.74, 6) is -0.111. The molecule has 0 spiro atoms. The smallest absolute Gasteiger partial charge is 0.312 e. The van der Waals surface area contributed by atoms with E-state index in [9.17, 15) is 10.1 Å². The first-order valence-corrected chi connectivity index (χ1v) is 4.11. The maximum atomic E-state index is 10.7. The average molecular weight is 205 g/mol. The molecule has 76 valence electrons. The zero-order valence-electron chi connectivity index (χ0n) is 7.56. The third-order valence-corrected chi connectivity index (χ3v) is 1.99. The summed E-state index contributed by atoms with van der Waals surface area (Å²) in [4.78, 5) is 10.1. The van der Waals surface area contributed by atoms with Gasteiger partial charge in [0.05, 0.1) is 4.92 Å². The Balaban J connectivity index is 2.75. The highest BCUT2D eigenvalue weighted by Crippen LogP contribution is 2.27. The lowest BCUT2D eigenvalue weighted by molar-refractivity contribution is -0.383. The van der Waals surface area contributed by atoms with Crippen molar-refractivity contribution in [3.05, 3.63) is 40.1 Å². The van der Waals surface area contributed by atoms with Crippen LogP contribution in [0, 0.1) is 15.5 Å². The third kappa shape index (κ3) is 1.41. The summed E-state index contributed by atoms with van der Waals surface area (Å²) in [5.41, 5.74) is 5.24. The normalized spacial score (nSPS) is 10.4. The van der Waals surface area contributed by atoms with Crippen LogP contribution in [0.3, 0.4) is 0 Å². The molecule has 0 bridgehead atoms. The van der Waals surface area contributed by atoms with Gasteiger partial charge >= 0.3 is 5.69 Å². The van der Waals surface area contributed by atoms with E-state index in [4.69, 9.17) is 15.6 Å². The van der Waals surface area contributed by atoms with Crippen LogP contribution in [0.4, 0.5) is 5.69 Å². The van der Waals surface area contributed by atoms with Crippen LogP contribution in [0.5, 0.6) is 0 Å². The summed E-state index contributed by atoms with van der Waals surface area (Å²) in [7, 11) is 0. The van der Waals surface area contributed by atoms with Crippen molar-refractivity contribution in [3.8, 4) is 0 Å². The minimum atomic E-state index is -0.532. The first kappa shape index (κ1) is 9.20. The summed E-state index contributed by atoms with van der Waals surface area (Å²) < 4.78 is 5.13. The highest BCUT2D eigenvalue weighted by Gasteiger charge is 2.16. The molecule has 0 aliphatic heterocycles. The predicted molar refractivity (Wildman–Crippen MR) is 53.9 cm³/mol. The maximum Gasteiger partial charge on any atom is 0.312 e. The van der Waals surface area contributed by atoms with Gasteiger partial charge in [-0.05, 0) is 6.07 Å². The van der Waals surface area contributed by atoms with Gasteiger partial charge in [0.2, 0.25) is 5.58 Å². The molecule has 1 heterocycles. The molecular formula is C9H7N3O3. The van der Waals surface area contributed by atoms with Crippen molar-refractivity contribution in [1.29, 1.82) is 5.41 Å². The van der Waals surface area contributed by atoms with Crippen LogP contribution in [0.25, 0.3) is 11.0 Å². The number of rotatable bonds is 2. The van der Waals surface area contributed by atoms with Crippen molar-refractivity contribution in [1.82, 2.24) is 0 Å². The monoisotopic (exact) mass is 205 g/mol. The lowest BCUT2D eigenvalue weighted by Gasteiger charge is -1.91. The molecule has 0 saturated carbocycles. The lowest BCUT2D eigenvalue weighted by atomic mass is 10.2. The van der Waals surface area contributed by atoms with Gasteiger partial charge in [-0.15, -0.1) is 0 Å². The Kier molecular flexibility index (Phi) is 1.89. The zero-order chi connectivity index (χ0) is 11.0. The molecule has 1 aromatic heterocycles. The lowest BCUT2D eigenvalue weighted by Crippen LogP contribution is -2.09. The number of hydrogen-bond donors (Lipinski definition) is 2. The molecule has 0 atom stereocenters. The summed E-state index contributed by atoms with van der Waals surface area (Å²) in [5, 5.41) is 18.4. The molecule has 0 fully saturated rings. The van der Waals surface area contributed by atoms with Gasteiger partial charge in [-0.25, -0.2) is 0 Å². The number of nitro benzene ring substituents is 1. The van der Waals surface area contributed by atoms with E-state index in [1.807, 2.05) is 0 Å². The van der Waals surface area contributed by atoms with E-state index in [1.54, 1.807) is 12.1 Å². The van der Waals surface area contributed by atoms with Crippen LogP contribution in [-0.4, -0.2) is 10.8 Å². The topological polar surface area (TPSA) is 106 Å². The molecule has 6 heteroatoms. The van der Waals surface area contributed by atoms with E-state index in [2.05, 4.69) is 0 Å². The average Bonchev–Trinajstić information content (AvgIpc) is 2.60. The summed E-state index contributed by atoms with van der Waals surface area (Å²) in [6, 6.07) is 6.07. The Morgan fingerprint density at radius 2 is 2.27 bits per heavy atom. The van der Waals surface area contributed by atoms with E-state index in [0.717, 1.165) is 0 Å². The Labute approximate surface area is 84.0 Å². The van der Waals surface area contributed by atoms with Crippen molar-refractivity contribution in [2.24, 2.45) is 5.73 Å². The highest BCUT2D eigenvalue weighted by atomic mass is 16.6. The Morgan fingerprint density at radius 3 is 2.87 bits per heavy atom. The number of nitrogens with one attached hydrogen (secondary N) is 1. The molecule has 0 aliphatic carbocycles. The quantitative estimate of drug-likeness (QED) is 0.336. The number of non-ortho nitro benzene ring substituents is 1. The second-order valence-electron chi connectivity index (χ2n) is 2.98. The van der Waals surface area contributed by atoms with Crippen molar-refractivity contribution < 1.29 is 9.34 Å². The molecule has 2 rings (SSSR count). The van der Waals surface area contributed by atoms with Gasteiger partial charge in [0.15, 0.2) is 11.6 Å². The minimum absolute atomic E-state index is 0.125. The summed E-state index contributed by atoms with van der Waals surface area (Å²) in [6.45, 7) is 0. The molecule has 3 N–H and O–H groups in total. The van der Waals surface area contributed by atoms with Crippen molar-refractivity contribution in [2.45, 2.75) is 0 Å². The number of nitro groups is 1. The molecule has 2 aromatic rings. The van der Waals surface area contributed by atoms with Crippen molar-refractivity contribution >= 4 is 22.5 Å². The fourth-order valence-electron chi connectivity index (χ4n) is 1.32. The van der Waals surface area contributed by atoms with Crippen LogP contribution in [-0.2, 0) is 0 Å². The number of fused-ring (bicyclic) bond motifs is 1. The Bertz CT molecular complexity index is 559. The molecule has 0 amide bonds. The molecule has 0 unspecified atom stereocenters. The first-order chi connectivity index (χ1) is 7.09. The second-order valence-corrected chi connectivity index (χ2v) is 2.98. The number of nitrogens with two attached hydrogens (primary N) is 1. The fourth-order valence-corrected chi connectivity index (χ4v) is 1.32. The molecule has 15 heavy (non-hydrogen) atoms. The number of para-hydroxylation sites is 1. The van der Waals surface area contributed by atoms with Gasteiger partial charge in [-0.2, -0.15) is 0 Å². The van der Waals surface area contributed by atoms with Crippen LogP contribution >= 0.6 is 0 Å². The summed E-state index contributed by atoms with van der Waals surface area (Å²) >= 11 is 0. The number of hydrogen-bond acceptors (Lipinski definition) is 4. The van der Waals surface area contributed by atoms with E-state index in [-0.39, 0.29) is 22.9 Å². The molecular weight excluding hydrogens is 198 g/mol. The van der Waals surface area contributed by atoms with Gasteiger partial charge in [-0.1, -0.05) is 12.1 Å². The Morgan fingerprint density at radius 1 is 1.53 bits per heavy atom. The molecule has 1 aromatic carbocycles. The largest absolute Gasteiger partial charge is 0.446 e. The number of benzene rings is 1. The van der Waals surface area contributed by atoms with E-state index in [1.165, 1.54) is 12.1 Å². The number of amidine groups is 1. The van der Waals surface area contributed by atoms with Crippen LogP contribution in [0.15, 0.2) is 28.7 Å². The van der Waals surface area contributed by atoms with Gasteiger partial charge in [0.1, 0.15) is 0 Å². The van der Waals surface area contributed by atoms with Crippen molar-refractivity contribution in [3.63, 3.8) is 0 Å². The standard InChI is InChI=1S/C9H7N3O3/c10-9(11)7-4-5-2-1-3-6(12(13)14)8(5)15-7/h1-4H,(H3,10,11). The Hall–Kier alpha value is -2.37. The van der Waals surface area contributed by atoms with Gasteiger partial charge in [0.25, 0.3) is 0 Å². The molecule has 0 aliphatic rings. The van der Waals surface area contributed by atoms with Gasteiger partial charge < -0.3 is 10.2 Å². The van der Waals surface area contributed by atoms with E-state index in [0.29, 0.717) is 5.39 Å². The van der Waals surface area contributed by atoms with E-state index < -0.39 is 4.92 Å². The number of nitrogen functional groups attached to an aromatic ring is 1. The van der Waals surface area contributed by atoms with Gasteiger partial charge in [-0.3, -0.25) is 15.5 Å². The van der Waals surface area contributed by atoms with Crippen LogP contribution < -0.4 is 5.73 Å². The van der Waals surface area contributed by atoms with Crippen LogP contribution in [0.2, 0.25) is 0 Å². The fraction of sp³-hybridized carbons (Fsp3) is 0. The molecule has 6 nitrogen and oxygen atoms in total. The molecule has 0 saturated heterocycles. The highest BCUT2D eigenvalue weighted by molar-refractivity contribution is 5.98. The second kappa shape index (κ2) is 3.09. The third-order valence-electron chi connectivity index (χ3n) is 1.99. The van der Waals surface area contributed by atoms with Gasteiger partial charge in [0, 0.05) is 11.5 Å². The number of nitrogens with zero attached hydrogens (tertiary/aromatic N) is 1. The maximum absolute atomic E-state index is 10.7. The van der Waals surface area contributed by atoms with E-state index >= 15 is 0 Å². The van der Waals surface area contributed by atoms with Crippen molar-refractivity contribution in [2.75, 3.05) is 0 Å². The minimum Gasteiger partial charge on any atom is -0.446 e. The predicted octanol–water partition coefficient (Wildman–Crippen LogP) is 1.63. The zero-order valence-corrected chi connectivity index (χ0v) is 7.56. The number of furan rings is 1. The molecule has 0 radical (unpaired) electrons. The SMILES string of the molecule is N=C(N)c1cc2cccc([N+](=O)[O-])c2o1.